The van der Waals surface area contributed by atoms with Gasteiger partial charge in [-0.2, -0.15) is 0 Å². The standard InChI is InChI=1S/C6H3BClF4.K/c8-4-1-2-5(6(9)3-4)7(10,11)12;/h1-3H;/q-1;+1. The van der Waals surface area contributed by atoms with Crippen LogP contribution in [0, 0.1) is 5.82 Å². The van der Waals surface area contributed by atoms with Gasteiger partial charge < -0.3 is 12.9 Å². The average Bonchev–Trinajstić information content (AvgIpc) is 1.83. The van der Waals surface area contributed by atoms with Crippen LogP contribution in [0.2, 0.25) is 5.02 Å². The summed E-state index contributed by atoms with van der Waals surface area (Å²) in [6, 6.07) is 2.29. The van der Waals surface area contributed by atoms with E-state index in [0.717, 1.165) is 6.07 Å². The molecule has 0 fully saturated rings. The van der Waals surface area contributed by atoms with E-state index in [0.29, 0.717) is 12.1 Å². The van der Waals surface area contributed by atoms with E-state index in [1.807, 2.05) is 0 Å². The second-order valence-electron chi connectivity index (χ2n) is 2.24. The first kappa shape index (κ1) is 13.9. The molecule has 0 spiro atoms. The topological polar surface area (TPSA) is 0 Å². The number of hydrogen-bond donors (Lipinski definition) is 0. The van der Waals surface area contributed by atoms with Crippen LogP contribution in [0.4, 0.5) is 17.3 Å². The Balaban J connectivity index is 0.00000144. The van der Waals surface area contributed by atoms with Crippen LogP contribution in [0.15, 0.2) is 18.2 Å². The summed E-state index contributed by atoms with van der Waals surface area (Å²) in [5.74, 6) is -1.32. The van der Waals surface area contributed by atoms with Gasteiger partial charge in [-0.05, 0) is 12.1 Å². The zero-order valence-corrected chi connectivity index (χ0v) is 10.6. The molecule has 66 valence electrons. The van der Waals surface area contributed by atoms with E-state index < -0.39 is 18.3 Å². The van der Waals surface area contributed by atoms with Gasteiger partial charge in [-0.3, -0.25) is 0 Å². The van der Waals surface area contributed by atoms with Gasteiger partial charge in [-0.25, -0.2) is 4.39 Å². The summed E-state index contributed by atoms with van der Waals surface area (Å²) >= 11 is 5.27. The van der Waals surface area contributed by atoms with E-state index in [2.05, 4.69) is 0 Å². The minimum atomic E-state index is -5.28. The predicted molar refractivity (Wildman–Crippen MR) is 40.1 cm³/mol. The van der Waals surface area contributed by atoms with Crippen LogP contribution >= 0.6 is 11.6 Å². The van der Waals surface area contributed by atoms with Crippen LogP contribution in [0.3, 0.4) is 0 Å². The first-order chi connectivity index (χ1) is 5.41. The Kier molecular flexibility index (Phi) is 5.50. The summed E-state index contributed by atoms with van der Waals surface area (Å²) in [6.07, 6.45) is 0. The van der Waals surface area contributed by atoms with Crippen LogP contribution in [0.5, 0.6) is 0 Å². The summed E-state index contributed by atoms with van der Waals surface area (Å²) in [6.45, 7) is -5.28. The van der Waals surface area contributed by atoms with Gasteiger partial charge in [0.05, 0.1) is 5.82 Å². The molecule has 0 bridgehead atoms. The molecule has 0 atom stereocenters. The van der Waals surface area contributed by atoms with Crippen LogP contribution < -0.4 is 56.8 Å². The second-order valence-corrected chi connectivity index (χ2v) is 2.68. The van der Waals surface area contributed by atoms with Crippen molar-refractivity contribution in [2.24, 2.45) is 0 Å². The van der Waals surface area contributed by atoms with Crippen molar-refractivity contribution in [3.63, 3.8) is 0 Å². The third-order valence-corrected chi connectivity index (χ3v) is 1.55. The monoisotopic (exact) mass is 236 g/mol. The Hall–Kier alpha value is 0.931. The normalized spacial score (nSPS) is 10.8. The number of hydrogen-bond acceptors (Lipinski definition) is 0. The van der Waals surface area contributed by atoms with Gasteiger partial charge in [0, 0.05) is 5.02 Å². The Morgan fingerprint density at radius 2 is 1.69 bits per heavy atom. The van der Waals surface area contributed by atoms with Gasteiger partial charge in [0.25, 0.3) is 0 Å². The predicted octanol–water partition coefficient (Wildman–Crippen LogP) is -0.463. The molecule has 0 unspecified atom stereocenters. The molecule has 0 saturated carbocycles. The molecule has 0 aliphatic carbocycles. The first-order valence-corrected chi connectivity index (χ1v) is 3.44. The molecule has 0 amide bonds. The quantitative estimate of drug-likeness (QED) is 0.457. The van der Waals surface area contributed by atoms with Crippen LogP contribution in [-0.2, 0) is 0 Å². The van der Waals surface area contributed by atoms with Gasteiger partial charge in [0.15, 0.2) is 0 Å². The fourth-order valence-electron chi connectivity index (χ4n) is 0.767. The maximum atomic E-state index is 12.6. The number of halogens is 5. The van der Waals surface area contributed by atoms with Crippen molar-refractivity contribution in [1.29, 1.82) is 0 Å². The minimum absolute atomic E-state index is 0. The smallest absolute Gasteiger partial charge is 0.445 e. The van der Waals surface area contributed by atoms with E-state index in [1.54, 1.807) is 0 Å². The van der Waals surface area contributed by atoms with Gasteiger partial charge in [0.1, 0.15) is 0 Å². The summed E-state index contributed by atoms with van der Waals surface area (Å²) in [5, 5.41) is -0.0451. The minimum Gasteiger partial charge on any atom is -0.445 e. The number of benzene rings is 1. The number of rotatable bonds is 1. The maximum Gasteiger partial charge on any atom is 1.00 e. The van der Waals surface area contributed by atoms with Crippen molar-refractivity contribution in [2.45, 2.75) is 0 Å². The largest absolute Gasteiger partial charge is 1.00 e. The molecule has 13 heavy (non-hydrogen) atoms. The summed E-state index contributed by atoms with van der Waals surface area (Å²) in [4.78, 5) is 0. The van der Waals surface area contributed by atoms with Crippen molar-refractivity contribution >= 4 is 24.0 Å². The molecule has 7 heteroatoms. The molecule has 0 saturated heterocycles. The molecule has 1 aromatic carbocycles. The third kappa shape index (κ3) is 3.89. The van der Waals surface area contributed by atoms with Crippen molar-refractivity contribution in [3.05, 3.63) is 29.0 Å². The first-order valence-electron chi connectivity index (χ1n) is 3.06. The summed E-state index contributed by atoms with van der Waals surface area (Å²) in [7, 11) is 0. The van der Waals surface area contributed by atoms with Crippen molar-refractivity contribution in [1.82, 2.24) is 0 Å². The molecular formula is C6H3BClF4K. The molecule has 0 heterocycles. The van der Waals surface area contributed by atoms with Gasteiger partial charge in [-0.1, -0.05) is 23.1 Å². The summed E-state index contributed by atoms with van der Waals surface area (Å²) < 4.78 is 48.4. The zero-order chi connectivity index (χ0) is 9.35. The second kappa shape index (κ2) is 5.14. The molecule has 0 aliphatic heterocycles. The van der Waals surface area contributed by atoms with E-state index in [-0.39, 0.29) is 56.4 Å². The zero-order valence-electron chi connectivity index (χ0n) is 6.70. The molecule has 1 rings (SSSR count). The van der Waals surface area contributed by atoms with Gasteiger partial charge >= 0.3 is 58.4 Å². The maximum absolute atomic E-state index is 12.6. The molecule has 0 radical (unpaired) electrons. The van der Waals surface area contributed by atoms with Crippen LogP contribution in [-0.4, -0.2) is 6.98 Å². The SMILES string of the molecule is Fc1cc(Cl)ccc1[B-](F)(F)F.[K+]. The average molecular weight is 236 g/mol. The third-order valence-electron chi connectivity index (χ3n) is 1.32. The molecule has 1 aromatic rings. The Bertz CT molecular complexity index is 301. The Labute approximate surface area is 120 Å². The fourth-order valence-corrected chi connectivity index (χ4v) is 0.926. The van der Waals surface area contributed by atoms with E-state index in [1.165, 1.54) is 0 Å². The van der Waals surface area contributed by atoms with Gasteiger partial charge in [0.2, 0.25) is 0 Å². The van der Waals surface area contributed by atoms with E-state index in [4.69, 9.17) is 11.6 Å². The van der Waals surface area contributed by atoms with Crippen LogP contribution in [0.25, 0.3) is 0 Å². The molecule has 0 aromatic heterocycles. The van der Waals surface area contributed by atoms with E-state index >= 15 is 0 Å². The summed E-state index contributed by atoms with van der Waals surface area (Å²) in [5.41, 5.74) is -1.24. The van der Waals surface area contributed by atoms with Crippen molar-refractivity contribution in [3.8, 4) is 0 Å². The molecule has 0 aliphatic rings. The van der Waals surface area contributed by atoms with E-state index in [9.17, 15) is 17.3 Å². The van der Waals surface area contributed by atoms with Crippen molar-refractivity contribution in [2.75, 3.05) is 0 Å². The molecule has 0 nitrogen and oxygen atoms in total. The Morgan fingerprint density at radius 3 is 2.08 bits per heavy atom. The Morgan fingerprint density at radius 1 is 1.15 bits per heavy atom. The van der Waals surface area contributed by atoms with Crippen LogP contribution in [0.1, 0.15) is 0 Å². The van der Waals surface area contributed by atoms with Crippen molar-refractivity contribution < 1.29 is 68.7 Å². The fraction of sp³-hybridized carbons (Fsp3) is 0. The molecule has 0 N–H and O–H groups in total. The molecular weight excluding hydrogens is 233 g/mol. The van der Waals surface area contributed by atoms with Gasteiger partial charge in [-0.15, -0.1) is 0 Å².